The number of halogens is 2. The molecule has 96 valence electrons. The third-order valence-corrected chi connectivity index (χ3v) is 2.78. The fourth-order valence-corrected chi connectivity index (χ4v) is 1.85. The molecule has 0 N–H and O–H groups in total. The molecule has 1 aromatic carbocycles. The van der Waals surface area contributed by atoms with Crippen LogP contribution in [0, 0.1) is 25.2 Å². The average molecular weight is 295 g/mol. The van der Waals surface area contributed by atoms with Crippen molar-refractivity contribution in [3.63, 3.8) is 0 Å². The highest BCUT2D eigenvalue weighted by Gasteiger charge is 2.13. The minimum atomic E-state index is -0.0525. The van der Waals surface area contributed by atoms with Crippen molar-refractivity contribution in [2.75, 3.05) is 0 Å². The normalized spacial score (nSPS) is 10.1. The third-order valence-electron chi connectivity index (χ3n) is 2.38. The highest BCUT2D eigenvalue weighted by Crippen LogP contribution is 2.31. The molecule has 2 rings (SSSR count). The van der Waals surface area contributed by atoms with E-state index in [2.05, 4.69) is 21.3 Å². The Morgan fingerprint density at radius 2 is 1.79 bits per heavy atom. The third kappa shape index (κ3) is 2.92. The maximum atomic E-state index is 8.89. The number of aryl methyl sites for hydroxylation is 2. The first-order valence-electron chi connectivity index (χ1n) is 5.26. The highest BCUT2D eigenvalue weighted by atomic mass is 35.5. The van der Waals surface area contributed by atoms with Crippen molar-refractivity contribution >= 4 is 23.2 Å². The van der Waals surface area contributed by atoms with E-state index in [4.69, 9.17) is 33.2 Å². The van der Waals surface area contributed by atoms with E-state index < -0.39 is 0 Å². The van der Waals surface area contributed by atoms with E-state index in [1.165, 1.54) is 0 Å². The largest absolute Gasteiger partial charge is 0.436 e. The van der Waals surface area contributed by atoms with Crippen LogP contribution in [0.4, 0.5) is 0 Å². The van der Waals surface area contributed by atoms with Crippen molar-refractivity contribution in [2.45, 2.75) is 13.8 Å². The van der Waals surface area contributed by atoms with E-state index in [0.717, 1.165) is 11.1 Å². The van der Waals surface area contributed by atoms with E-state index >= 15 is 0 Å². The fourth-order valence-electron chi connectivity index (χ4n) is 1.62. The number of aromatic nitrogens is 3. The van der Waals surface area contributed by atoms with E-state index in [1.54, 1.807) is 12.1 Å². The molecule has 0 atom stereocenters. The van der Waals surface area contributed by atoms with Crippen LogP contribution in [-0.2, 0) is 0 Å². The molecular formula is C12H8Cl2N4O. The van der Waals surface area contributed by atoms with E-state index in [9.17, 15) is 0 Å². The summed E-state index contributed by atoms with van der Waals surface area (Å²) < 4.78 is 5.61. The molecular weight excluding hydrogens is 287 g/mol. The summed E-state index contributed by atoms with van der Waals surface area (Å²) in [6, 6.07) is 5.51. The maximum absolute atomic E-state index is 8.89. The average Bonchev–Trinajstić information content (AvgIpc) is 2.37. The van der Waals surface area contributed by atoms with Crippen molar-refractivity contribution in [2.24, 2.45) is 0 Å². The van der Waals surface area contributed by atoms with Gasteiger partial charge in [0.15, 0.2) is 0 Å². The molecule has 0 unspecified atom stereocenters. The SMILES string of the molecule is Cc1cc(C#N)cc(C)c1Oc1nc(Cl)nnc1Cl. The molecule has 0 fully saturated rings. The van der Waals surface area contributed by atoms with Crippen molar-refractivity contribution in [1.29, 1.82) is 5.26 Å². The van der Waals surface area contributed by atoms with Gasteiger partial charge in [0.2, 0.25) is 10.4 Å². The van der Waals surface area contributed by atoms with E-state index in [-0.39, 0.29) is 16.3 Å². The molecule has 0 aliphatic heterocycles. The Bertz CT molecular complexity index is 659. The molecule has 5 nitrogen and oxygen atoms in total. The summed E-state index contributed by atoms with van der Waals surface area (Å²) in [6.45, 7) is 3.65. The van der Waals surface area contributed by atoms with E-state index in [0.29, 0.717) is 11.3 Å². The van der Waals surface area contributed by atoms with Gasteiger partial charge in [-0.05, 0) is 48.7 Å². The number of nitrogens with zero attached hydrogens (tertiary/aromatic N) is 4. The molecule has 0 aliphatic carbocycles. The lowest BCUT2D eigenvalue weighted by Crippen LogP contribution is -1.98. The Morgan fingerprint density at radius 1 is 1.16 bits per heavy atom. The summed E-state index contributed by atoms with van der Waals surface area (Å²) in [7, 11) is 0. The summed E-state index contributed by atoms with van der Waals surface area (Å²) in [5, 5.41) is 16.0. The summed E-state index contributed by atoms with van der Waals surface area (Å²) in [6.07, 6.45) is 0. The van der Waals surface area contributed by atoms with Gasteiger partial charge in [-0.15, -0.1) is 10.2 Å². The Morgan fingerprint density at radius 3 is 2.37 bits per heavy atom. The molecule has 2 aromatic rings. The quantitative estimate of drug-likeness (QED) is 0.848. The minimum absolute atomic E-state index is 0.0209. The Kier molecular flexibility index (Phi) is 3.84. The number of benzene rings is 1. The Hall–Kier alpha value is -1.90. The second-order valence-electron chi connectivity index (χ2n) is 3.83. The molecule has 19 heavy (non-hydrogen) atoms. The number of rotatable bonds is 2. The van der Waals surface area contributed by atoms with Crippen molar-refractivity contribution in [3.8, 4) is 17.7 Å². The molecule has 0 saturated heterocycles. The zero-order chi connectivity index (χ0) is 14.0. The van der Waals surface area contributed by atoms with Crippen LogP contribution in [0.15, 0.2) is 12.1 Å². The lowest BCUT2D eigenvalue weighted by atomic mass is 10.1. The Balaban J connectivity index is 2.44. The minimum Gasteiger partial charge on any atom is -0.436 e. The van der Waals surface area contributed by atoms with Gasteiger partial charge in [0.25, 0.3) is 5.88 Å². The number of ether oxygens (including phenoxy) is 1. The van der Waals surface area contributed by atoms with Crippen LogP contribution in [0.25, 0.3) is 0 Å². The number of hydrogen-bond donors (Lipinski definition) is 0. The molecule has 0 aliphatic rings. The zero-order valence-corrected chi connectivity index (χ0v) is 11.6. The van der Waals surface area contributed by atoms with Gasteiger partial charge >= 0.3 is 0 Å². The molecule has 7 heteroatoms. The van der Waals surface area contributed by atoms with Gasteiger partial charge in [0, 0.05) is 0 Å². The first-order chi connectivity index (χ1) is 9.01. The molecule has 0 radical (unpaired) electrons. The van der Waals surface area contributed by atoms with Gasteiger partial charge in [-0.2, -0.15) is 10.2 Å². The van der Waals surface area contributed by atoms with Gasteiger partial charge in [-0.1, -0.05) is 11.6 Å². The molecule has 0 amide bonds. The standard InChI is InChI=1S/C12H8Cl2N4O/c1-6-3-8(5-15)4-7(2)9(6)19-11-10(13)17-18-12(14)16-11/h3-4H,1-2H3. The van der Waals surface area contributed by atoms with Gasteiger partial charge in [-0.25, -0.2) is 0 Å². The maximum Gasteiger partial charge on any atom is 0.262 e. The lowest BCUT2D eigenvalue weighted by molar-refractivity contribution is 0.450. The molecule has 1 heterocycles. The number of nitriles is 1. The second-order valence-corrected chi connectivity index (χ2v) is 4.53. The lowest BCUT2D eigenvalue weighted by Gasteiger charge is -2.11. The number of hydrogen-bond acceptors (Lipinski definition) is 5. The van der Waals surface area contributed by atoms with Crippen LogP contribution in [-0.4, -0.2) is 15.2 Å². The second kappa shape index (κ2) is 5.39. The van der Waals surface area contributed by atoms with Crippen LogP contribution in [0.1, 0.15) is 16.7 Å². The predicted octanol–water partition coefficient (Wildman–Crippen LogP) is 3.46. The molecule has 1 aromatic heterocycles. The predicted molar refractivity (Wildman–Crippen MR) is 70.6 cm³/mol. The van der Waals surface area contributed by atoms with Crippen LogP contribution >= 0.6 is 23.2 Å². The van der Waals surface area contributed by atoms with E-state index in [1.807, 2.05) is 13.8 Å². The fraction of sp³-hybridized carbons (Fsp3) is 0.167. The first-order valence-corrected chi connectivity index (χ1v) is 6.01. The smallest absolute Gasteiger partial charge is 0.262 e. The summed E-state index contributed by atoms with van der Waals surface area (Å²) in [5.74, 6) is 0.648. The van der Waals surface area contributed by atoms with Crippen molar-refractivity contribution in [1.82, 2.24) is 15.2 Å². The van der Waals surface area contributed by atoms with Crippen LogP contribution in [0.2, 0.25) is 10.4 Å². The summed E-state index contributed by atoms with van der Waals surface area (Å²) in [5.41, 5.74) is 2.15. The van der Waals surface area contributed by atoms with Crippen LogP contribution in [0.3, 0.4) is 0 Å². The summed E-state index contributed by atoms with van der Waals surface area (Å²) >= 11 is 11.5. The first kappa shape index (κ1) is 13.5. The van der Waals surface area contributed by atoms with Gasteiger partial charge < -0.3 is 4.74 Å². The zero-order valence-electron chi connectivity index (χ0n) is 10.1. The molecule has 0 spiro atoms. The Labute approximate surface area is 119 Å². The van der Waals surface area contributed by atoms with Crippen LogP contribution in [0.5, 0.6) is 11.6 Å². The molecule has 0 saturated carbocycles. The van der Waals surface area contributed by atoms with Gasteiger partial charge in [0.1, 0.15) is 5.75 Å². The highest BCUT2D eigenvalue weighted by molar-refractivity contribution is 6.31. The van der Waals surface area contributed by atoms with Gasteiger partial charge in [0.05, 0.1) is 11.6 Å². The van der Waals surface area contributed by atoms with Crippen molar-refractivity contribution in [3.05, 3.63) is 39.3 Å². The topological polar surface area (TPSA) is 71.7 Å². The van der Waals surface area contributed by atoms with Gasteiger partial charge in [-0.3, -0.25) is 0 Å². The van der Waals surface area contributed by atoms with Crippen LogP contribution < -0.4 is 4.74 Å². The molecule has 0 bridgehead atoms. The van der Waals surface area contributed by atoms with Crippen molar-refractivity contribution < 1.29 is 4.74 Å². The summed E-state index contributed by atoms with van der Waals surface area (Å²) in [4.78, 5) is 3.87. The monoisotopic (exact) mass is 294 g/mol.